The summed E-state index contributed by atoms with van der Waals surface area (Å²) in [7, 11) is 0. The van der Waals surface area contributed by atoms with Gasteiger partial charge in [0.1, 0.15) is 31.0 Å². The highest BCUT2D eigenvalue weighted by Crippen LogP contribution is 2.22. The minimum absolute atomic E-state index is 0.180. The molecule has 6 atom stereocenters. The van der Waals surface area contributed by atoms with Gasteiger partial charge >= 0.3 is 11.9 Å². The Kier molecular flexibility index (Phi) is 35.1. The first-order chi connectivity index (χ1) is 28.3. The van der Waals surface area contributed by atoms with Crippen LogP contribution in [0.2, 0.25) is 0 Å². The number of carbonyl (C=O) groups excluding carboxylic acids is 2. The van der Waals surface area contributed by atoms with Crippen LogP contribution in [0.4, 0.5) is 0 Å². The van der Waals surface area contributed by atoms with Gasteiger partial charge in [0, 0.05) is 12.8 Å². The first kappa shape index (κ1) is 53.2. The molecule has 0 aromatic heterocycles. The number of rotatable bonds is 36. The number of aliphatic hydroxyl groups is 4. The molecule has 0 radical (unpaired) electrons. The molecule has 332 valence electrons. The minimum atomic E-state index is -1.61. The Morgan fingerprint density at radius 2 is 1.02 bits per heavy atom. The lowest BCUT2D eigenvalue weighted by Gasteiger charge is -2.39. The van der Waals surface area contributed by atoms with Crippen molar-refractivity contribution in [2.45, 2.75) is 198 Å². The average Bonchev–Trinajstić information content (AvgIpc) is 3.22. The van der Waals surface area contributed by atoms with E-state index >= 15 is 0 Å². The van der Waals surface area contributed by atoms with Crippen LogP contribution in [0.1, 0.15) is 162 Å². The lowest BCUT2D eigenvalue weighted by molar-refractivity contribution is -0.305. The van der Waals surface area contributed by atoms with Gasteiger partial charge in [0.2, 0.25) is 0 Å². The molecule has 58 heavy (non-hydrogen) atoms. The molecule has 1 heterocycles. The first-order valence-electron chi connectivity index (χ1n) is 22.6. The third-order valence-electron chi connectivity index (χ3n) is 9.95. The molecule has 0 spiro atoms. The van der Waals surface area contributed by atoms with Crippen LogP contribution in [-0.4, -0.2) is 89.0 Å². The van der Waals surface area contributed by atoms with E-state index in [9.17, 15) is 30.0 Å². The third kappa shape index (κ3) is 29.4. The van der Waals surface area contributed by atoms with Crippen LogP contribution in [0, 0.1) is 0 Å². The summed E-state index contributed by atoms with van der Waals surface area (Å²) in [6.45, 7) is 3.20. The maximum absolute atomic E-state index is 12.7. The second kappa shape index (κ2) is 38.3. The van der Waals surface area contributed by atoms with Gasteiger partial charge in [-0.3, -0.25) is 9.59 Å². The van der Waals surface area contributed by atoms with Crippen molar-refractivity contribution in [2.24, 2.45) is 0 Å². The zero-order valence-electron chi connectivity index (χ0n) is 36.0. The van der Waals surface area contributed by atoms with Crippen molar-refractivity contribution in [3.63, 3.8) is 0 Å². The Morgan fingerprint density at radius 1 is 0.552 bits per heavy atom. The van der Waals surface area contributed by atoms with Crippen LogP contribution >= 0.6 is 0 Å². The molecule has 1 saturated heterocycles. The topological polar surface area (TPSA) is 152 Å². The second-order valence-corrected chi connectivity index (χ2v) is 15.2. The quantitative estimate of drug-likeness (QED) is 0.0273. The normalized spacial score (nSPS) is 20.8. The minimum Gasteiger partial charge on any atom is -0.462 e. The van der Waals surface area contributed by atoms with E-state index in [1.54, 1.807) is 0 Å². The summed E-state index contributed by atoms with van der Waals surface area (Å²) in [6, 6.07) is 0. The summed E-state index contributed by atoms with van der Waals surface area (Å²) in [5.41, 5.74) is 0. The van der Waals surface area contributed by atoms with Gasteiger partial charge in [-0.15, -0.1) is 0 Å². The summed E-state index contributed by atoms with van der Waals surface area (Å²) in [4.78, 5) is 25.3. The number of carbonyl (C=O) groups is 2. The van der Waals surface area contributed by atoms with Crippen LogP contribution in [0.25, 0.3) is 0 Å². The van der Waals surface area contributed by atoms with Crippen molar-refractivity contribution in [1.82, 2.24) is 0 Å². The van der Waals surface area contributed by atoms with Gasteiger partial charge < -0.3 is 39.4 Å². The average molecular weight is 817 g/mol. The largest absolute Gasteiger partial charge is 0.462 e. The van der Waals surface area contributed by atoms with Gasteiger partial charge in [-0.05, 0) is 57.8 Å². The zero-order chi connectivity index (χ0) is 42.3. The molecular formula is C48H80O10. The van der Waals surface area contributed by atoms with Crippen LogP contribution in [-0.2, 0) is 28.5 Å². The van der Waals surface area contributed by atoms with Crippen LogP contribution in [0.3, 0.4) is 0 Å². The number of allylic oxidation sites excluding steroid dienone is 12. The Labute approximate surface area is 351 Å². The van der Waals surface area contributed by atoms with Crippen LogP contribution in [0.15, 0.2) is 72.9 Å². The zero-order valence-corrected chi connectivity index (χ0v) is 36.0. The van der Waals surface area contributed by atoms with Crippen molar-refractivity contribution in [1.29, 1.82) is 0 Å². The van der Waals surface area contributed by atoms with Crippen molar-refractivity contribution in [3.8, 4) is 0 Å². The van der Waals surface area contributed by atoms with Crippen LogP contribution in [0.5, 0.6) is 0 Å². The monoisotopic (exact) mass is 817 g/mol. The molecule has 0 aromatic carbocycles. The highest BCUT2D eigenvalue weighted by Gasteiger charge is 2.44. The molecule has 4 N–H and O–H groups in total. The summed E-state index contributed by atoms with van der Waals surface area (Å²) in [5.74, 6) is -0.862. The molecular weight excluding hydrogens is 737 g/mol. The molecule has 3 unspecified atom stereocenters. The summed E-state index contributed by atoms with van der Waals surface area (Å²) < 4.78 is 22.1. The van der Waals surface area contributed by atoms with Gasteiger partial charge in [0.05, 0.1) is 13.2 Å². The maximum Gasteiger partial charge on any atom is 0.306 e. The lowest BCUT2D eigenvalue weighted by atomic mass is 9.99. The Balaban J connectivity index is 2.32. The van der Waals surface area contributed by atoms with Crippen molar-refractivity contribution in [2.75, 3.05) is 19.8 Å². The highest BCUT2D eigenvalue weighted by molar-refractivity contribution is 5.70. The predicted molar refractivity (Wildman–Crippen MR) is 233 cm³/mol. The summed E-state index contributed by atoms with van der Waals surface area (Å²) in [6.07, 6.45) is 40.5. The SMILES string of the molecule is CC/C=C/C=C/C=C/C=C/CCCCCC(=O)OC(COC(=O)CCCCCCCCCCCC/C=C/C=C/CCCCCC)CO[C@H]1O[C@@H](CO)[C@@H](O)C(O)C1O. The molecule has 0 bridgehead atoms. The van der Waals surface area contributed by atoms with Crippen molar-refractivity contribution >= 4 is 11.9 Å². The molecule has 1 aliphatic rings. The number of hydrogen-bond donors (Lipinski definition) is 4. The van der Waals surface area contributed by atoms with Gasteiger partial charge in [-0.25, -0.2) is 0 Å². The Hall–Kier alpha value is -2.86. The number of aliphatic hydroxyl groups excluding tert-OH is 4. The van der Waals surface area contributed by atoms with E-state index in [0.717, 1.165) is 51.4 Å². The number of hydrogen-bond acceptors (Lipinski definition) is 10. The summed E-state index contributed by atoms with van der Waals surface area (Å²) in [5, 5.41) is 40.0. The van der Waals surface area contributed by atoms with E-state index in [1.807, 2.05) is 36.5 Å². The first-order valence-corrected chi connectivity index (χ1v) is 22.6. The van der Waals surface area contributed by atoms with Gasteiger partial charge in [0.15, 0.2) is 12.4 Å². The molecule has 1 fully saturated rings. The van der Waals surface area contributed by atoms with E-state index in [2.05, 4.69) is 50.3 Å². The molecule has 1 aliphatic heterocycles. The maximum atomic E-state index is 12.7. The smallest absolute Gasteiger partial charge is 0.306 e. The highest BCUT2D eigenvalue weighted by atomic mass is 16.7. The fourth-order valence-electron chi connectivity index (χ4n) is 6.36. The van der Waals surface area contributed by atoms with Gasteiger partial charge in [-0.1, -0.05) is 164 Å². The van der Waals surface area contributed by atoms with Gasteiger partial charge in [-0.2, -0.15) is 0 Å². The third-order valence-corrected chi connectivity index (χ3v) is 9.95. The molecule has 0 amide bonds. The van der Waals surface area contributed by atoms with E-state index in [-0.39, 0.29) is 26.1 Å². The molecule has 1 rings (SSSR count). The second-order valence-electron chi connectivity index (χ2n) is 15.2. The lowest BCUT2D eigenvalue weighted by Crippen LogP contribution is -2.59. The molecule has 10 heteroatoms. The predicted octanol–water partition coefficient (Wildman–Crippen LogP) is 9.61. The number of esters is 2. The fraction of sp³-hybridized carbons (Fsp3) is 0.708. The Bertz CT molecular complexity index is 1170. The van der Waals surface area contributed by atoms with Crippen molar-refractivity contribution in [3.05, 3.63) is 72.9 Å². The number of unbranched alkanes of at least 4 members (excludes halogenated alkanes) is 17. The van der Waals surface area contributed by atoms with E-state index < -0.39 is 55.4 Å². The van der Waals surface area contributed by atoms with Crippen molar-refractivity contribution < 1.29 is 49.0 Å². The standard InChI is InChI=1S/C48H80O10/c1-3-5-7-9-11-13-15-17-18-19-20-21-22-23-25-26-28-30-32-34-36-43(50)55-39-41(40-56-48-47(54)46(53)45(52)42(38-49)58-48)57-44(51)37-35-33-31-29-27-24-16-14-12-10-8-6-4-2/h6,8,10,12-18,24,27,41-42,45-49,52-54H,3-5,7,9,11,19-23,25-26,28-40H2,1-2H3/b8-6+,12-10+,15-13+,16-14+,18-17+,27-24+/t41?,42-,45+,46?,47?,48-/m0/s1. The van der Waals surface area contributed by atoms with Gasteiger partial charge in [0.25, 0.3) is 0 Å². The van der Waals surface area contributed by atoms with Crippen LogP contribution < -0.4 is 0 Å². The molecule has 0 aromatic rings. The molecule has 0 aliphatic carbocycles. The van der Waals surface area contributed by atoms with E-state index in [0.29, 0.717) is 12.8 Å². The number of ether oxygens (including phenoxy) is 4. The molecule has 0 saturated carbocycles. The van der Waals surface area contributed by atoms with E-state index in [1.165, 1.54) is 70.6 Å². The fourth-order valence-corrected chi connectivity index (χ4v) is 6.36. The molecule has 10 nitrogen and oxygen atoms in total. The van der Waals surface area contributed by atoms with E-state index in [4.69, 9.17) is 18.9 Å². The summed E-state index contributed by atoms with van der Waals surface area (Å²) >= 11 is 0. The Morgan fingerprint density at radius 3 is 1.57 bits per heavy atom.